The van der Waals surface area contributed by atoms with E-state index in [1.165, 1.54) is 6.42 Å². The van der Waals surface area contributed by atoms with Crippen molar-refractivity contribution in [2.45, 2.75) is 44.6 Å². The number of aliphatic hydroxyl groups is 1. The van der Waals surface area contributed by atoms with Crippen molar-refractivity contribution in [3.63, 3.8) is 0 Å². The summed E-state index contributed by atoms with van der Waals surface area (Å²) in [5.41, 5.74) is 1.04. The van der Waals surface area contributed by atoms with Gasteiger partial charge in [-0.3, -0.25) is 10.1 Å². The van der Waals surface area contributed by atoms with Crippen LogP contribution in [0.1, 0.15) is 37.7 Å². The van der Waals surface area contributed by atoms with Crippen LogP contribution in [-0.4, -0.2) is 22.2 Å². The van der Waals surface area contributed by atoms with Crippen LogP contribution in [0.5, 0.6) is 0 Å². The number of nitrogens with zero attached hydrogens (tertiary/aromatic N) is 1. The highest BCUT2D eigenvalue weighted by molar-refractivity contribution is 5.63. The number of hydrogen-bond acceptors (Lipinski definition) is 4. The lowest BCUT2D eigenvalue weighted by Gasteiger charge is -2.37. The molecule has 0 aromatic heterocycles. The van der Waals surface area contributed by atoms with Gasteiger partial charge in [0.1, 0.15) is 5.69 Å². The monoisotopic (exact) mass is 264 g/mol. The van der Waals surface area contributed by atoms with E-state index >= 15 is 0 Å². The van der Waals surface area contributed by atoms with Crippen molar-refractivity contribution >= 4 is 11.4 Å². The van der Waals surface area contributed by atoms with Crippen LogP contribution in [0.3, 0.4) is 0 Å². The van der Waals surface area contributed by atoms with Crippen molar-refractivity contribution in [3.8, 4) is 0 Å². The molecule has 0 amide bonds. The van der Waals surface area contributed by atoms with Crippen LogP contribution < -0.4 is 5.32 Å². The third kappa shape index (κ3) is 3.04. The van der Waals surface area contributed by atoms with E-state index in [2.05, 4.69) is 5.32 Å². The molecule has 1 fully saturated rings. The molecule has 0 spiro atoms. The first-order valence-corrected chi connectivity index (χ1v) is 6.70. The van der Waals surface area contributed by atoms with Crippen LogP contribution in [0.25, 0.3) is 0 Å². The molecule has 1 saturated carbocycles. The molecule has 5 nitrogen and oxygen atoms in total. The van der Waals surface area contributed by atoms with Gasteiger partial charge in [-0.1, -0.05) is 25.3 Å². The summed E-state index contributed by atoms with van der Waals surface area (Å²) in [5, 5.41) is 24.0. The average Bonchev–Trinajstić information content (AvgIpc) is 2.42. The standard InChI is InChI=1S/C14H20N2O3/c1-11-5-6-12(13(9-11)16(18)19)15-14(10-17)7-3-2-4-8-14/h5-6,9,15,17H,2-4,7-8,10H2,1H3. The molecular formula is C14H20N2O3. The molecule has 0 radical (unpaired) electrons. The summed E-state index contributed by atoms with van der Waals surface area (Å²) < 4.78 is 0. The molecular weight excluding hydrogens is 244 g/mol. The third-order valence-corrected chi connectivity index (χ3v) is 3.86. The van der Waals surface area contributed by atoms with Crippen LogP contribution in [0.15, 0.2) is 18.2 Å². The number of anilines is 1. The Balaban J connectivity index is 2.28. The second-order valence-electron chi connectivity index (χ2n) is 5.40. The summed E-state index contributed by atoms with van der Waals surface area (Å²) in [7, 11) is 0. The molecule has 0 bridgehead atoms. The minimum absolute atomic E-state index is 0.0119. The van der Waals surface area contributed by atoms with Gasteiger partial charge in [0, 0.05) is 6.07 Å². The summed E-state index contributed by atoms with van der Waals surface area (Å²) in [6.07, 6.45) is 4.98. The lowest BCUT2D eigenvalue weighted by atomic mass is 9.82. The van der Waals surface area contributed by atoms with Crippen LogP contribution in [0, 0.1) is 17.0 Å². The highest BCUT2D eigenvalue weighted by Crippen LogP contribution is 2.35. The summed E-state index contributed by atoms with van der Waals surface area (Å²) in [6.45, 7) is 1.84. The first kappa shape index (κ1) is 13.8. The summed E-state index contributed by atoms with van der Waals surface area (Å²) in [6, 6.07) is 5.15. The topological polar surface area (TPSA) is 75.4 Å². The number of nitro benzene ring substituents is 1. The molecule has 1 aromatic rings. The van der Waals surface area contributed by atoms with Gasteiger partial charge in [0.25, 0.3) is 5.69 Å². The van der Waals surface area contributed by atoms with Gasteiger partial charge in [0.15, 0.2) is 0 Å². The number of hydrogen-bond donors (Lipinski definition) is 2. The van der Waals surface area contributed by atoms with E-state index in [9.17, 15) is 15.2 Å². The highest BCUT2D eigenvalue weighted by atomic mass is 16.6. The average molecular weight is 264 g/mol. The molecule has 0 atom stereocenters. The largest absolute Gasteiger partial charge is 0.394 e. The first-order chi connectivity index (χ1) is 9.06. The maximum absolute atomic E-state index is 11.1. The van der Waals surface area contributed by atoms with Crippen LogP contribution >= 0.6 is 0 Å². The molecule has 0 saturated heterocycles. The Kier molecular flexibility index (Phi) is 4.04. The molecule has 0 heterocycles. The van der Waals surface area contributed by atoms with Crippen molar-refractivity contribution < 1.29 is 10.0 Å². The van der Waals surface area contributed by atoms with Gasteiger partial charge in [0.05, 0.1) is 17.1 Å². The van der Waals surface area contributed by atoms with Gasteiger partial charge in [0.2, 0.25) is 0 Å². The van der Waals surface area contributed by atoms with E-state index in [0.717, 1.165) is 31.2 Å². The van der Waals surface area contributed by atoms with Gasteiger partial charge in [-0.05, 0) is 31.4 Å². The van der Waals surface area contributed by atoms with Crippen LogP contribution in [0.4, 0.5) is 11.4 Å². The van der Waals surface area contributed by atoms with E-state index in [1.807, 2.05) is 13.0 Å². The zero-order valence-electron chi connectivity index (χ0n) is 11.2. The number of rotatable bonds is 4. The predicted molar refractivity (Wildman–Crippen MR) is 74.4 cm³/mol. The lowest BCUT2D eigenvalue weighted by molar-refractivity contribution is -0.384. The maximum Gasteiger partial charge on any atom is 0.292 e. The molecule has 0 aliphatic heterocycles. The predicted octanol–water partition coefficient (Wildman–Crippen LogP) is 3.01. The molecule has 19 heavy (non-hydrogen) atoms. The van der Waals surface area contributed by atoms with E-state index in [1.54, 1.807) is 12.1 Å². The molecule has 2 rings (SSSR count). The molecule has 1 aliphatic rings. The minimum Gasteiger partial charge on any atom is -0.394 e. The van der Waals surface area contributed by atoms with Gasteiger partial charge in [-0.25, -0.2) is 0 Å². The molecule has 104 valence electrons. The Bertz CT molecular complexity index is 468. The van der Waals surface area contributed by atoms with Gasteiger partial charge >= 0.3 is 0 Å². The number of nitro groups is 1. The van der Waals surface area contributed by atoms with Crippen molar-refractivity contribution in [3.05, 3.63) is 33.9 Å². The third-order valence-electron chi connectivity index (χ3n) is 3.86. The van der Waals surface area contributed by atoms with Crippen molar-refractivity contribution in [1.82, 2.24) is 0 Å². The van der Waals surface area contributed by atoms with E-state index in [0.29, 0.717) is 5.69 Å². The van der Waals surface area contributed by atoms with E-state index in [4.69, 9.17) is 0 Å². The lowest BCUT2D eigenvalue weighted by Crippen LogP contribution is -2.44. The Morgan fingerprint density at radius 1 is 1.37 bits per heavy atom. The zero-order valence-corrected chi connectivity index (χ0v) is 11.2. The van der Waals surface area contributed by atoms with E-state index < -0.39 is 5.54 Å². The van der Waals surface area contributed by atoms with Gasteiger partial charge in [-0.15, -0.1) is 0 Å². The zero-order chi connectivity index (χ0) is 13.9. The van der Waals surface area contributed by atoms with E-state index in [-0.39, 0.29) is 17.2 Å². The van der Waals surface area contributed by atoms with Crippen LogP contribution in [-0.2, 0) is 0 Å². The second kappa shape index (κ2) is 5.57. The van der Waals surface area contributed by atoms with Crippen molar-refractivity contribution in [2.75, 3.05) is 11.9 Å². The number of aryl methyl sites for hydroxylation is 1. The molecule has 1 aliphatic carbocycles. The maximum atomic E-state index is 11.1. The molecule has 2 N–H and O–H groups in total. The normalized spacial score (nSPS) is 18.0. The molecule has 5 heteroatoms. The van der Waals surface area contributed by atoms with Gasteiger partial charge < -0.3 is 10.4 Å². The smallest absolute Gasteiger partial charge is 0.292 e. The molecule has 1 aromatic carbocycles. The SMILES string of the molecule is Cc1ccc(NC2(CO)CCCCC2)c([N+](=O)[O-])c1. The Morgan fingerprint density at radius 3 is 2.63 bits per heavy atom. The second-order valence-corrected chi connectivity index (χ2v) is 5.40. The molecule has 0 unspecified atom stereocenters. The Hall–Kier alpha value is -1.62. The van der Waals surface area contributed by atoms with Crippen molar-refractivity contribution in [1.29, 1.82) is 0 Å². The van der Waals surface area contributed by atoms with Crippen molar-refractivity contribution in [2.24, 2.45) is 0 Å². The highest BCUT2D eigenvalue weighted by Gasteiger charge is 2.33. The fourth-order valence-corrected chi connectivity index (χ4v) is 2.74. The Morgan fingerprint density at radius 2 is 2.05 bits per heavy atom. The summed E-state index contributed by atoms with van der Waals surface area (Å²) in [5.74, 6) is 0. The number of aliphatic hydroxyl groups excluding tert-OH is 1. The first-order valence-electron chi connectivity index (χ1n) is 6.70. The van der Waals surface area contributed by atoms with Crippen LogP contribution in [0.2, 0.25) is 0 Å². The Labute approximate surface area is 112 Å². The summed E-state index contributed by atoms with van der Waals surface area (Å²) in [4.78, 5) is 10.7. The van der Waals surface area contributed by atoms with Gasteiger partial charge in [-0.2, -0.15) is 0 Å². The fraction of sp³-hybridized carbons (Fsp3) is 0.571. The number of benzene rings is 1. The number of nitrogens with one attached hydrogen (secondary N) is 1. The quantitative estimate of drug-likeness (QED) is 0.647. The summed E-state index contributed by atoms with van der Waals surface area (Å²) >= 11 is 0. The minimum atomic E-state index is -0.404. The fourth-order valence-electron chi connectivity index (χ4n) is 2.74.